The number of phenolic OH excluding ortho intramolecular Hbond substituents is 1. The molecular weight excluding hydrogens is 358 g/mol. The van der Waals surface area contributed by atoms with Gasteiger partial charge in [-0.05, 0) is 83.8 Å². The van der Waals surface area contributed by atoms with E-state index in [1.54, 1.807) is 13.0 Å². The van der Waals surface area contributed by atoms with Crippen molar-refractivity contribution in [3.63, 3.8) is 0 Å². The number of allylic oxidation sites excluding steroid dienone is 4. The Morgan fingerprint density at radius 1 is 1.17 bits per heavy atom. The van der Waals surface area contributed by atoms with Crippen molar-refractivity contribution in [3.8, 4) is 5.75 Å². The van der Waals surface area contributed by atoms with Crippen molar-refractivity contribution in [2.24, 2.45) is 5.92 Å². The summed E-state index contributed by atoms with van der Waals surface area (Å²) in [6, 6.07) is 2.05. The molecule has 2 rings (SSSR count). The predicted molar refractivity (Wildman–Crippen MR) is 124 cm³/mol. The summed E-state index contributed by atoms with van der Waals surface area (Å²) in [5.74, 6) is 0.785. The van der Waals surface area contributed by atoms with Gasteiger partial charge in [0.2, 0.25) is 0 Å². The molecule has 2 N–H and O–H groups in total. The first-order chi connectivity index (χ1) is 13.8. The number of hydrogen-bond donors (Lipinski definition) is 2. The van der Waals surface area contributed by atoms with E-state index in [4.69, 9.17) is 0 Å². The van der Waals surface area contributed by atoms with Gasteiger partial charge >= 0.3 is 0 Å². The van der Waals surface area contributed by atoms with Crippen molar-refractivity contribution < 1.29 is 9.90 Å². The van der Waals surface area contributed by atoms with E-state index in [0.29, 0.717) is 17.5 Å². The molecule has 0 aliphatic carbocycles. The predicted octanol–water partition coefficient (Wildman–Crippen LogP) is 6.99. The Bertz CT molecular complexity index is 784. The summed E-state index contributed by atoms with van der Waals surface area (Å²) in [6.45, 7) is 12.4. The second-order valence-electron chi connectivity index (χ2n) is 8.76. The second kappa shape index (κ2) is 10.7. The maximum absolute atomic E-state index is 12.1. The third-order valence-electron chi connectivity index (χ3n) is 6.20. The maximum atomic E-state index is 12.1. The number of hydrogen-bond acceptors (Lipinski definition) is 3. The van der Waals surface area contributed by atoms with Gasteiger partial charge in [-0.2, -0.15) is 0 Å². The Balaban J connectivity index is 2.16. The van der Waals surface area contributed by atoms with Crippen LogP contribution in [-0.2, 0) is 12.8 Å². The summed E-state index contributed by atoms with van der Waals surface area (Å²) in [5.41, 5.74) is 6.55. The lowest BCUT2D eigenvalue weighted by atomic mass is 9.80. The molecule has 1 aliphatic rings. The van der Waals surface area contributed by atoms with Crippen molar-refractivity contribution in [3.05, 3.63) is 46.1 Å². The van der Waals surface area contributed by atoms with Crippen LogP contribution in [0.2, 0.25) is 0 Å². The monoisotopic (exact) mass is 397 g/mol. The van der Waals surface area contributed by atoms with E-state index >= 15 is 0 Å². The molecule has 1 aromatic carbocycles. The largest absolute Gasteiger partial charge is 0.508 e. The van der Waals surface area contributed by atoms with Crippen LogP contribution in [0.4, 0.5) is 5.69 Å². The van der Waals surface area contributed by atoms with Gasteiger partial charge < -0.3 is 10.4 Å². The summed E-state index contributed by atoms with van der Waals surface area (Å²) in [7, 11) is 0. The molecule has 0 spiro atoms. The highest BCUT2D eigenvalue weighted by Crippen LogP contribution is 2.41. The first kappa shape index (κ1) is 23.3. The van der Waals surface area contributed by atoms with E-state index in [9.17, 15) is 9.90 Å². The summed E-state index contributed by atoms with van der Waals surface area (Å²) in [4.78, 5) is 12.1. The topological polar surface area (TPSA) is 49.3 Å². The van der Waals surface area contributed by atoms with E-state index in [1.807, 2.05) is 0 Å². The zero-order valence-corrected chi connectivity index (χ0v) is 19.2. The molecule has 1 aliphatic heterocycles. The number of carbonyl (C=O) groups is 1. The van der Waals surface area contributed by atoms with E-state index in [1.165, 1.54) is 11.1 Å². The van der Waals surface area contributed by atoms with Gasteiger partial charge in [-0.3, -0.25) is 4.79 Å². The van der Waals surface area contributed by atoms with Crippen molar-refractivity contribution in [2.45, 2.75) is 92.5 Å². The van der Waals surface area contributed by atoms with Crippen LogP contribution >= 0.6 is 0 Å². The lowest BCUT2D eigenvalue weighted by Gasteiger charge is -2.36. The number of phenols is 1. The fraction of sp³-hybridized carbons (Fsp3) is 0.577. The smallest absolute Gasteiger partial charge is 0.160 e. The van der Waals surface area contributed by atoms with E-state index < -0.39 is 0 Å². The normalized spacial score (nSPS) is 18.8. The van der Waals surface area contributed by atoms with Crippen LogP contribution in [-0.4, -0.2) is 16.9 Å². The van der Waals surface area contributed by atoms with Gasteiger partial charge in [0.05, 0.1) is 0 Å². The molecule has 160 valence electrons. The molecular formula is C26H39NO2. The fourth-order valence-electron chi connectivity index (χ4n) is 4.46. The highest BCUT2D eigenvalue weighted by Gasteiger charge is 2.31. The molecule has 0 aromatic heterocycles. The van der Waals surface area contributed by atoms with Crippen LogP contribution in [0.3, 0.4) is 0 Å². The zero-order chi connectivity index (χ0) is 21.6. The molecule has 0 saturated heterocycles. The van der Waals surface area contributed by atoms with Crippen LogP contribution in [0.1, 0.15) is 95.1 Å². The molecule has 1 heterocycles. The Morgan fingerprint density at radius 2 is 1.90 bits per heavy atom. The quantitative estimate of drug-likeness (QED) is 0.348. The summed E-state index contributed by atoms with van der Waals surface area (Å²) < 4.78 is 0. The highest BCUT2D eigenvalue weighted by molar-refractivity contribution is 5.98. The second-order valence-corrected chi connectivity index (χ2v) is 8.76. The van der Waals surface area contributed by atoms with Crippen LogP contribution in [0.5, 0.6) is 5.75 Å². The summed E-state index contributed by atoms with van der Waals surface area (Å²) in [5, 5.41) is 14.3. The molecule has 29 heavy (non-hydrogen) atoms. The van der Waals surface area contributed by atoms with Gasteiger partial charge in [0.1, 0.15) is 5.75 Å². The van der Waals surface area contributed by atoms with Crippen molar-refractivity contribution in [1.82, 2.24) is 0 Å². The first-order valence-electron chi connectivity index (χ1n) is 11.2. The number of fused-ring (bicyclic) bond motifs is 1. The molecule has 0 bridgehead atoms. The summed E-state index contributed by atoms with van der Waals surface area (Å²) in [6.07, 6.45) is 11.8. The number of nitrogens with one attached hydrogen (secondary N) is 1. The van der Waals surface area contributed by atoms with Crippen molar-refractivity contribution >= 4 is 11.5 Å². The SMILES string of the molecule is CCc1c(C(C)=O)cc(O)c2c1NC(CC/C=C(\C)CCC=C(C)C)C(CC)C2. The molecule has 3 nitrogen and oxygen atoms in total. The number of Topliss-reactive ketones (excluding diaryl/α,β-unsaturated/α-hetero) is 1. The van der Waals surface area contributed by atoms with Crippen LogP contribution in [0, 0.1) is 5.92 Å². The molecule has 0 fully saturated rings. The Hall–Kier alpha value is -2.03. The van der Waals surface area contributed by atoms with Gasteiger partial charge in [-0.1, -0.05) is 43.6 Å². The lowest BCUT2D eigenvalue weighted by molar-refractivity contribution is 0.101. The molecule has 2 unspecified atom stereocenters. The van der Waals surface area contributed by atoms with Gasteiger partial charge in [-0.15, -0.1) is 0 Å². The number of ketones is 1. The number of carbonyl (C=O) groups excluding carboxylic acids is 1. The molecule has 1 aromatic rings. The fourth-order valence-corrected chi connectivity index (χ4v) is 4.46. The molecule has 3 heteroatoms. The minimum absolute atomic E-state index is 0.0193. The number of anilines is 1. The van der Waals surface area contributed by atoms with Crippen LogP contribution in [0.15, 0.2) is 29.4 Å². The number of aromatic hydroxyl groups is 1. The van der Waals surface area contributed by atoms with Gasteiger partial charge in [-0.25, -0.2) is 0 Å². The van der Waals surface area contributed by atoms with Crippen molar-refractivity contribution in [1.29, 1.82) is 0 Å². The molecule has 2 atom stereocenters. The third kappa shape index (κ3) is 5.98. The number of benzene rings is 1. The van der Waals surface area contributed by atoms with Crippen LogP contribution < -0.4 is 5.32 Å². The van der Waals surface area contributed by atoms with Gasteiger partial charge in [0.25, 0.3) is 0 Å². The summed E-state index contributed by atoms with van der Waals surface area (Å²) >= 11 is 0. The average Bonchev–Trinajstić information content (AvgIpc) is 2.67. The minimum atomic E-state index is 0.0193. The van der Waals surface area contributed by atoms with E-state index in [0.717, 1.165) is 61.8 Å². The lowest BCUT2D eigenvalue weighted by Crippen LogP contribution is -2.35. The number of rotatable bonds is 9. The van der Waals surface area contributed by atoms with Gasteiger partial charge in [0, 0.05) is 22.9 Å². The Labute approximate surface area is 177 Å². The zero-order valence-electron chi connectivity index (χ0n) is 19.2. The van der Waals surface area contributed by atoms with Gasteiger partial charge in [0.15, 0.2) is 5.78 Å². The average molecular weight is 398 g/mol. The Morgan fingerprint density at radius 3 is 2.48 bits per heavy atom. The third-order valence-corrected chi connectivity index (χ3v) is 6.20. The highest BCUT2D eigenvalue weighted by atomic mass is 16.3. The standard InChI is InChI=1S/C26H39NO2/c1-7-20-15-23-25(29)16-22(19(6)28)21(8-2)26(23)27-24(20)14-10-13-18(5)12-9-11-17(3)4/h11,13,16,20,24,27,29H,7-10,12,14-15H2,1-6H3/b18-13+. The van der Waals surface area contributed by atoms with E-state index in [2.05, 4.69) is 52.1 Å². The Kier molecular flexibility index (Phi) is 8.55. The maximum Gasteiger partial charge on any atom is 0.160 e. The minimum Gasteiger partial charge on any atom is -0.508 e. The van der Waals surface area contributed by atoms with Crippen molar-refractivity contribution in [2.75, 3.05) is 5.32 Å². The molecule has 0 saturated carbocycles. The van der Waals surface area contributed by atoms with Crippen LogP contribution in [0.25, 0.3) is 0 Å². The first-order valence-corrected chi connectivity index (χ1v) is 11.2. The van der Waals surface area contributed by atoms with E-state index in [-0.39, 0.29) is 11.5 Å². The molecule has 0 radical (unpaired) electrons. The molecule has 0 amide bonds.